The predicted molar refractivity (Wildman–Crippen MR) is 142 cm³/mol. The van der Waals surface area contributed by atoms with Crippen molar-refractivity contribution >= 4 is 11.9 Å². The summed E-state index contributed by atoms with van der Waals surface area (Å²) in [5, 5.41) is 0. The van der Waals surface area contributed by atoms with Crippen LogP contribution in [-0.2, 0) is 42.7 Å². The van der Waals surface area contributed by atoms with Crippen LogP contribution in [0.4, 0.5) is 0 Å². The molecule has 0 atom stereocenters. The van der Waals surface area contributed by atoms with Gasteiger partial charge in [0, 0.05) is 40.3 Å². The monoisotopic (exact) mass is 534 g/mol. The topological polar surface area (TPSA) is 98.8 Å². The highest BCUT2D eigenvalue weighted by Crippen LogP contribution is 2.11. The third-order valence-corrected chi connectivity index (χ3v) is 5.76. The van der Waals surface area contributed by atoms with Crippen LogP contribution in [-0.4, -0.2) is 79.4 Å². The van der Waals surface area contributed by atoms with E-state index in [2.05, 4.69) is 0 Å². The van der Waals surface area contributed by atoms with Crippen molar-refractivity contribution in [2.75, 3.05) is 67.4 Å². The van der Waals surface area contributed by atoms with Crippen LogP contribution in [0.3, 0.4) is 0 Å². The highest BCUT2D eigenvalue weighted by molar-refractivity contribution is 5.85. The molecule has 0 saturated heterocycles. The second kappa shape index (κ2) is 31.1. The van der Waals surface area contributed by atoms with Gasteiger partial charge in [-0.15, -0.1) is 0 Å². The zero-order chi connectivity index (χ0) is 27.1. The number of methoxy groups -OCH3 is 2. The third kappa shape index (κ3) is 31.0. The summed E-state index contributed by atoms with van der Waals surface area (Å²) in [6.07, 6.45) is 15.3. The molecule has 0 aromatic heterocycles. The fraction of sp³-hybridized carbons (Fsp3) is 0.929. The number of unbranched alkanes of at least 4 members (excludes halogenated alkanes) is 12. The van der Waals surface area contributed by atoms with Crippen molar-refractivity contribution in [3.05, 3.63) is 0 Å². The maximum atomic E-state index is 11.8. The summed E-state index contributed by atoms with van der Waals surface area (Å²) in [4.78, 5) is 23.6. The summed E-state index contributed by atoms with van der Waals surface area (Å²) in [5.41, 5.74) is 0. The Bertz CT molecular complexity index is 446. The Balaban J connectivity index is 3.28. The van der Waals surface area contributed by atoms with Gasteiger partial charge in [-0.1, -0.05) is 64.2 Å². The average molecular weight is 535 g/mol. The van der Waals surface area contributed by atoms with E-state index in [-0.39, 0.29) is 11.9 Å². The molecule has 9 heteroatoms. The maximum Gasteiger partial charge on any atom is 0.313 e. The number of esters is 2. The summed E-state index contributed by atoms with van der Waals surface area (Å²) >= 11 is 0. The van der Waals surface area contributed by atoms with Gasteiger partial charge in [0.2, 0.25) is 0 Å². The number of hydrogen-bond acceptors (Lipinski definition) is 9. The molecular formula is C28H54O9. The summed E-state index contributed by atoms with van der Waals surface area (Å²) in [7, 11) is 3.29. The molecular weight excluding hydrogens is 480 g/mol. The molecule has 37 heavy (non-hydrogen) atoms. The van der Waals surface area contributed by atoms with Crippen LogP contribution in [0.15, 0.2) is 0 Å². The van der Waals surface area contributed by atoms with E-state index < -0.39 is 0 Å². The molecule has 9 nitrogen and oxygen atoms in total. The van der Waals surface area contributed by atoms with E-state index in [1.165, 1.54) is 0 Å². The number of carbonyl (C=O) groups excluding carboxylic acids is 2. The number of carbonyl (C=O) groups is 2. The van der Waals surface area contributed by atoms with Gasteiger partial charge < -0.3 is 33.2 Å². The molecule has 0 aliphatic heterocycles. The number of rotatable bonds is 30. The molecule has 0 N–H and O–H groups in total. The molecule has 0 aromatic rings. The summed E-state index contributed by atoms with van der Waals surface area (Å²) in [6.45, 7) is 4.38. The average Bonchev–Trinajstić information content (AvgIpc) is 2.89. The first-order chi connectivity index (χ1) is 18.2. The van der Waals surface area contributed by atoms with Crippen LogP contribution in [0, 0.1) is 0 Å². The van der Waals surface area contributed by atoms with E-state index in [1.807, 2.05) is 0 Å². The number of ether oxygens (including phenoxy) is 7. The first-order valence-corrected chi connectivity index (χ1v) is 14.2. The molecule has 220 valence electrons. The normalized spacial score (nSPS) is 11.2. The zero-order valence-electron chi connectivity index (χ0n) is 23.6. The zero-order valence-corrected chi connectivity index (χ0v) is 23.6. The van der Waals surface area contributed by atoms with Crippen molar-refractivity contribution in [3.63, 3.8) is 0 Å². The standard InChI is InChI=1S/C28H54O9/c1-31-21-23-35-25-33-19-15-11-7-3-5-9-13-17-27(29)37-28(30)18-14-10-6-4-8-12-16-20-34-26-36-24-22-32-2/h3-26H2,1-2H3. The molecule has 0 heterocycles. The Morgan fingerprint density at radius 2 is 0.730 bits per heavy atom. The van der Waals surface area contributed by atoms with Gasteiger partial charge in [-0.3, -0.25) is 9.59 Å². The SMILES string of the molecule is COCCOCOCCCCCCCCCC(=O)OC(=O)CCCCCCCCCOCOCCOC. The van der Waals surface area contributed by atoms with Gasteiger partial charge in [0.15, 0.2) is 0 Å². The van der Waals surface area contributed by atoms with Gasteiger partial charge in [0.25, 0.3) is 0 Å². The molecule has 0 aliphatic rings. The van der Waals surface area contributed by atoms with Crippen molar-refractivity contribution in [2.45, 2.75) is 103 Å². The summed E-state index contributed by atoms with van der Waals surface area (Å²) < 4.78 is 36.0. The van der Waals surface area contributed by atoms with Crippen molar-refractivity contribution < 1.29 is 42.7 Å². The van der Waals surface area contributed by atoms with Crippen LogP contribution in [0.5, 0.6) is 0 Å². The quantitative estimate of drug-likeness (QED) is 0.0507. The van der Waals surface area contributed by atoms with Crippen molar-refractivity contribution in [1.29, 1.82) is 0 Å². The van der Waals surface area contributed by atoms with E-state index in [4.69, 9.17) is 33.2 Å². The first-order valence-electron chi connectivity index (χ1n) is 14.2. The Morgan fingerprint density at radius 3 is 1.11 bits per heavy atom. The Kier molecular flexibility index (Phi) is 30.2. The number of hydrogen-bond donors (Lipinski definition) is 0. The molecule has 0 bridgehead atoms. The van der Waals surface area contributed by atoms with Gasteiger partial charge in [-0.25, -0.2) is 0 Å². The molecule has 0 fully saturated rings. The lowest BCUT2D eigenvalue weighted by Crippen LogP contribution is -2.11. The molecule has 0 unspecified atom stereocenters. The minimum Gasteiger partial charge on any atom is -0.393 e. The molecule has 0 rings (SSSR count). The summed E-state index contributed by atoms with van der Waals surface area (Å²) in [5.74, 6) is -0.776. The van der Waals surface area contributed by atoms with Crippen molar-refractivity contribution in [2.24, 2.45) is 0 Å². The fourth-order valence-electron chi connectivity index (χ4n) is 3.58. The van der Waals surface area contributed by atoms with Crippen molar-refractivity contribution in [1.82, 2.24) is 0 Å². The lowest BCUT2D eigenvalue weighted by atomic mass is 10.1. The van der Waals surface area contributed by atoms with E-state index in [1.54, 1.807) is 14.2 Å². The summed E-state index contributed by atoms with van der Waals surface area (Å²) in [6, 6.07) is 0. The predicted octanol–water partition coefficient (Wildman–Crippen LogP) is 5.57. The highest BCUT2D eigenvalue weighted by atomic mass is 16.7. The smallest absolute Gasteiger partial charge is 0.313 e. The van der Waals surface area contributed by atoms with E-state index in [0.717, 1.165) is 103 Å². The molecule has 0 spiro atoms. The van der Waals surface area contributed by atoms with Crippen LogP contribution < -0.4 is 0 Å². The van der Waals surface area contributed by atoms with Crippen LogP contribution in [0.1, 0.15) is 103 Å². The molecule has 0 saturated carbocycles. The minimum atomic E-state index is -0.388. The lowest BCUT2D eigenvalue weighted by molar-refractivity contribution is -0.159. The van der Waals surface area contributed by atoms with Gasteiger partial charge in [0.1, 0.15) is 13.6 Å². The van der Waals surface area contributed by atoms with Gasteiger partial charge in [-0.2, -0.15) is 0 Å². The Morgan fingerprint density at radius 1 is 0.405 bits per heavy atom. The maximum absolute atomic E-state index is 11.8. The molecule has 0 radical (unpaired) electrons. The second-order valence-corrected chi connectivity index (χ2v) is 9.15. The van der Waals surface area contributed by atoms with Gasteiger partial charge in [-0.05, 0) is 25.7 Å². The van der Waals surface area contributed by atoms with Crippen molar-refractivity contribution in [3.8, 4) is 0 Å². The van der Waals surface area contributed by atoms with Crippen LogP contribution in [0.2, 0.25) is 0 Å². The highest BCUT2D eigenvalue weighted by Gasteiger charge is 2.09. The molecule has 0 aromatic carbocycles. The van der Waals surface area contributed by atoms with E-state index in [0.29, 0.717) is 52.9 Å². The fourth-order valence-corrected chi connectivity index (χ4v) is 3.58. The third-order valence-electron chi connectivity index (χ3n) is 5.76. The Hall–Kier alpha value is -1.10. The minimum absolute atomic E-state index is 0.325. The van der Waals surface area contributed by atoms with Crippen LogP contribution in [0.25, 0.3) is 0 Å². The van der Waals surface area contributed by atoms with Gasteiger partial charge >= 0.3 is 11.9 Å². The van der Waals surface area contributed by atoms with Gasteiger partial charge in [0.05, 0.1) is 26.4 Å². The second-order valence-electron chi connectivity index (χ2n) is 9.15. The molecule has 0 amide bonds. The largest absolute Gasteiger partial charge is 0.393 e. The molecule has 0 aliphatic carbocycles. The lowest BCUT2D eigenvalue weighted by Gasteiger charge is -2.06. The van der Waals surface area contributed by atoms with E-state index >= 15 is 0 Å². The van der Waals surface area contributed by atoms with Crippen LogP contribution >= 0.6 is 0 Å². The van der Waals surface area contributed by atoms with E-state index in [9.17, 15) is 9.59 Å². The Labute approximate surface area is 225 Å². The first kappa shape index (κ1) is 35.9.